The van der Waals surface area contributed by atoms with Gasteiger partial charge in [0.1, 0.15) is 12.1 Å². The largest absolute Gasteiger partial charge is 0.404 e. The third-order valence-electron chi connectivity index (χ3n) is 2.03. The summed E-state index contributed by atoms with van der Waals surface area (Å²) >= 11 is 0. The summed E-state index contributed by atoms with van der Waals surface area (Å²) in [6.07, 6.45) is 2.61. The van der Waals surface area contributed by atoms with E-state index in [0.717, 1.165) is 6.20 Å². The minimum Gasteiger partial charge on any atom is -0.404 e. The molecule has 2 heterocycles. The molecule has 0 aliphatic heterocycles. The minimum absolute atomic E-state index is 0.184. The van der Waals surface area contributed by atoms with Crippen LogP contribution in [-0.2, 0) is 13.6 Å². The van der Waals surface area contributed by atoms with Crippen LogP contribution < -0.4 is 10.1 Å². The van der Waals surface area contributed by atoms with Crippen LogP contribution in [0.4, 0.5) is 4.39 Å². The molecule has 0 amide bonds. The molecule has 2 rings (SSSR count). The van der Waals surface area contributed by atoms with Crippen molar-refractivity contribution < 1.29 is 9.13 Å². The van der Waals surface area contributed by atoms with Crippen LogP contribution in [0.1, 0.15) is 5.56 Å². The normalized spacial score (nSPS) is 10.5. The average Bonchev–Trinajstić information content (AvgIpc) is 2.69. The zero-order valence-corrected chi connectivity index (χ0v) is 9.51. The van der Waals surface area contributed by atoms with E-state index in [1.807, 2.05) is 0 Å². The molecule has 0 atom stereocenters. The van der Waals surface area contributed by atoms with Gasteiger partial charge in [-0.15, -0.1) is 5.10 Å². The number of nitrogens with zero attached hydrogens (tertiary/aromatic N) is 4. The van der Waals surface area contributed by atoms with E-state index in [9.17, 15) is 4.39 Å². The van der Waals surface area contributed by atoms with E-state index < -0.39 is 5.82 Å². The van der Waals surface area contributed by atoms with Crippen LogP contribution in [0, 0.1) is 5.82 Å². The summed E-state index contributed by atoms with van der Waals surface area (Å²) in [6.45, 7) is 0.451. The number of aromatic nitrogens is 4. The van der Waals surface area contributed by atoms with Crippen molar-refractivity contribution in [3.05, 3.63) is 30.0 Å². The molecule has 0 aromatic carbocycles. The van der Waals surface area contributed by atoms with Gasteiger partial charge in [0.25, 0.3) is 0 Å². The van der Waals surface area contributed by atoms with Crippen molar-refractivity contribution in [1.29, 1.82) is 0 Å². The van der Waals surface area contributed by atoms with Gasteiger partial charge < -0.3 is 10.1 Å². The van der Waals surface area contributed by atoms with E-state index in [0.29, 0.717) is 18.0 Å². The summed E-state index contributed by atoms with van der Waals surface area (Å²) in [5, 5.41) is 6.87. The van der Waals surface area contributed by atoms with Gasteiger partial charge in [0, 0.05) is 19.2 Å². The number of halogens is 1. The second kappa shape index (κ2) is 4.88. The number of rotatable bonds is 4. The highest BCUT2D eigenvalue weighted by Crippen LogP contribution is 2.20. The predicted octanol–water partition coefficient (Wildman–Crippen LogP) is 0.861. The van der Waals surface area contributed by atoms with E-state index in [-0.39, 0.29) is 6.01 Å². The fraction of sp³-hybridized carbons (Fsp3) is 0.300. The molecule has 1 N–H and O–H groups in total. The SMILES string of the molecule is CNCc1cc(F)cnc1Oc1ncn(C)n1. The quantitative estimate of drug-likeness (QED) is 0.854. The first-order valence-corrected chi connectivity index (χ1v) is 5.01. The Kier molecular flexibility index (Phi) is 3.29. The maximum atomic E-state index is 13.0. The van der Waals surface area contributed by atoms with Crippen LogP contribution >= 0.6 is 0 Å². The molecule has 0 aliphatic rings. The summed E-state index contributed by atoms with van der Waals surface area (Å²) in [5.74, 6) is -0.108. The Morgan fingerprint density at radius 3 is 2.94 bits per heavy atom. The topological polar surface area (TPSA) is 64.9 Å². The predicted molar refractivity (Wildman–Crippen MR) is 58.0 cm³/mol. The average molecular weight is 237 g/mol. The molecular formula is C10H12FN5O. The molecule has 2 aromatic rings. The zero-order valence-electron chi connectivity index (χ0n) is 9.51. The maximum Gasteiger partial charge on any atom is 0.342 e. The van der Waals surface area contributed by atoms with Crippen molar-refractivity contribution in [3.63, 3.8) is 0 Å². The van der Waals surface area contributed by atoms with Crippen molar-refractivity contribution in [2.75, 3.05) is 7.05 Å². The Morgan fingerprint density at radius 1 is 1.47 bits per heavy atom. The van der Waals surface area contributed by atoms with Crippen molar-refractivity contribution in [2.24, 2.45) is 7.05 Å². The monoisotopic (exact) mass is 237 g/mol. The number of pyridine rings is 1. The number of nitrogens with one attached hydrogen (secondary N) is 1. The van der Waals surface area contributed by atoms with Gasteiger partial charge in [0.2, 0.25) is 5.88 Å². The molecule has 0 saturated carbocycles. The highest BCUT2D eigenvalue weighted by molar-refractivity contribution is 5.27. The first kappa shape index (κ1) is 11.5. The van der Waals surface area contributed by atoms with Crippen molar-refractivity contribution >= 4 is 0 Å². The van der Waals surface area contributed by atoms with Gasteiger partial charge in [-0.1, -0.05) is 0 Å². The van der Waals surface area contributed by atoms with Crippen LogP contribution in [0.2, 0.25) is 0 Å². The lowest BCUT2D eigenvalue weighted by Gasteiger charge is -2.06. The molecule has 17 heavy (non-hydrogen) atoms. The van der Waals surface area contributed by atoms with Gasteiger partial charge in [0.05, 0.1) is 6.20 Å². The van der Waals surface area contributed by atoms with E-state index >= 15 is 0 Å². The molecule has 2 aromatic heterocycles. The third kappa shape index (κ3) is 2.76. The molecule has 0 bridgehead atoms. The van der Waals surface area contributed by atoms with E-state index in [2.05, 4.69) is 20.4 Å². The molecule has 0 aliphatic carbocycles. The van der Waals surface area contributed by atoms with Crippen molar-refractivity contribution in [1.82, 2.24) is 25.1 Å². The molecule has 0 spiro atoms. The molecule has 0 fully saturated rings. The fourth-order valence-corrected chi connectivity index (χ4v) is 1.33. The Labute approximate surface area is 97.5 Å². The lowest BCUT2D eigenvalue weighted by atomic mass is 10.2. The van der Waals surface area contributed by atoms with Gasteiger partial charge >= 0.3 is 6.01 Å². The number of hydrogen-bond donors (Lipinski definition) is 1. The first-order chi connectivity index (χ1) is 8.19. The van der Waals surface area contributed by atoms with Gasteiger partial charge in [-0.3, -0.25) is 4.68 Å². The summed E-state index contributed by atoms with van der Waals surface area (Å²) in [6, 6.07) is 1.55. The molecule has 90 valence electrons. The Hall–Kier alpha value is -2.02. The second-order valence-corrected chi connectivity index (χ2v) is 3.45. The molecular weight excluding hydrogens is 225 g/mol. The second-order valence-electron chi connectivity index (χ2n) is 3.45. The fourth-order valence-electron chi connectivity index (χ4n) is 1.33. The summed E-state index contributed by atoms with van der Waals surface area (Å²) in [4.78, 5) is 7.79. The van der Waals surface area contributed by atoms with Gasteiger partial charge in [0.15, 0.2) is 0 Å². The number of aryl methyl sites for hydroxylation is 1. The lowest BCUT2D eigenvalue weighted by molar-refractivity contribution is 0.413. The summed E-state index contributed by atoms with van der Waals surface area (Å²) in [5.41, 5.74) is 0.611. The van der Waals surface area contributed by atoms with Gasteiger partial charge in [-0.2, -0.15) is 4.98 Å². The lowest BCUT2D eigenvalue weighted by Crippen LogP contribution is -2.08. The first-order valence-electron chi connectivity index (χ1n) is 5.01. The minimum atomic E-state index is -0.406. The highest BCUT2D eigenvalue weighted by atomic mass is 19.1. The molecule has 6 nitrogen and oxygen atoms in total. The molecule has 0 unspecified atom stereocenters. The van der Waals surface area contributed by atoms with Crippen LogP contribution in [0.3, 0.4) is 0 Å². The third-order valence-corrected chi connectivity index (χ3v) is 2.03. The van der Waals surface area contributed by atoms with Crippen molar-refractivity contribution in [2.45, 2.75) is 6.54 Å². The number of hydrogen-bond acceptors (Lipinski definition) is 5. The molecule has 0 radical (unpaired) electrons. The number of ether oxygens (including phenoxy) is 1. The van der Waals surface area contributed by atoms with Crippen LogP contribution in [0.5, 0.6) is 11.9 Å². The smallest absolute Gasteiger partial charge is 0.342 e. The molecule has 0 saturated heterocycles. The van der Waals surface area contributed by atoms with Crippen molar-refractivity contribution in [3.8, 4) is 11.9 Å². The van der Waals surface area contributed by atoms with E-state index in [4.69, 9.17) is 4.74 Å². The van der Waals surface area contributed by atoms with E-state index in [1.165, 1.54) is 17.1 Å². The van der Waals surface area contributed by atoms with Crippen LogP contribution in [-0.4, -0.2) is 26.8 Å². The summed E-state index contributed by atoms with van der Waals surface area (Å²) < 4.78 is 19.9. The Morgan fingerprint density at radius 2 is 2.29 bits per heavy atom. The molecule has 7 heteroatoms. The zero-order chi connectivity index (χ0) is 12.3. The van der Waals surface area contributed by atoms with Crippen LogP contribution in [0.25, 0.3) is 0 Å². The maximum absolute atomic E-state index is 13.0. The Bertz CT molecular complexity index is 513. The highest BCUT2D eigenvalue weighted by Gasteiger charge is 2.10. The Balaban J connectivity index is 2.25. The van der Waals surface area contributed by atoms with Crippen LogP contribution in [0.15, 0.2) is 18.6 Å². The standard InChI is InChI=1S/C10H12FN5O/c1-12-4-7-3-8(11)5-13-9(7)17-10-14-6-16(2)15-10/h3,5-6,12H,4H2,1-2H3. The van der Waals surface area contributed by atoms with Gasteiger partial charge in [-0.05, 0) is 13.1 Å². The van der Waals surface area contributed by atoms with E-state index in [1.54, 1.807) is 14.1 Å². The summed E-state index contributed by atoms with van der Waals surface area (Å²) in [7, 11) is 3.49. The van der Waals surface area contributed by atoms with Gasteiger partial charge in [-0.25, -0.2) is 9.37 Å².